The second kappa shape index (κ2) is 8.97. The number of carbonyl (C=O) groups is 1. The van der Waals surface area contributed by atoms with Crippen molar-refractivity contribution in [2.75, 3.05) is 13.9 Å². The number of rotatable bonds is 8. The molecule has 0 aliphatic carbocycles. The van der Waals surface area contributed by atoms with Gasteiger partial charge in [-0.15, -0.1) is 0 Å². The number of methoxy groups -OCH3 is 1. The van der Waals surface area contributed by atoms with Crippen molar-refractivity contribution in [2.24, 2.45) is 0 Å². The van der Waals surface area contributed by atoms with Gasteiger partial charge < -0.3 is 9.47 Å². The van der Waals surface area contributed by atoms with E-state index in [2.05, 4.69) is 24.3 Å². The van der Waals surface area contributed by atoms with Crippen molar-refractivity contribution in [3.63, 3.8) is 0 Å². The van der Waals surface area contributed by atoms with E-state index in [1.54, 1.807) is 7.11 Å². The summed E-state index contributed by atoms with van der Waals surface area (Å²) in [4.78, 5) is 11.5. The highest BCUT2D eigenvalue weighted by molar-refractivity contribution is 5.77. The van der Waals surface area contributed by atoms with Crippen LogP contribution in [0.1, 0.15) is 32.6 Å². The van der Waals surface area contributed by atoms with Crippen LogP contribution in [-0.2, 0) is 17.6 Å². The lowest BCUT2D eigenvalue weighted by molar-refractivity contribution is 0.0498. The minimum atomic E-state index is 0.171. The molecule has 0 saturated heterocycles. The summed E-state index contributed by atoms with van der Waals surface area (Å²) in [5.41, 5.74) is 4.98. The Morgan fingerprint density at radius 3 is 1.73 bits per heavy atom. The molecule has 0 heterocycles. The summed E-state index contributed by atoms with van der Waals surface area (Å²) in [6.45, 7) is 0.171. The average Bonchev–Trinajstić information content (AvgIpc) is 2.69. The van der Waals surface area contributed by atoms with Crippen LogP contribution >= 0.6 is 0 Å². The van der Waals surface area contributed by atoms with Crippen molar-refractivity contribution in [1.29, 1.82) is 0 Å². The summed E-state index contributed by atoms with van der Waals surface area (Å²) < 4.78 is 11.0. The molecule has 0 fully saturated rings. The Hall–Kier alpha value is -2.91. The van der Waals surface area contributed by atoms with Gasteiger partial charge in [0.15, 0.2) is 6.79 Å². The standard InChI is InChI=1S/C23H22O3/c1-25-17-26-23-21(12-18-8-4-2-5-9-18)14-20(16-24)15-22(23)13-19-10-6-3-7-11-19/h2-11,14-16H,12-13,17H2,1H3. The SMILES string of the molecule is COCOc1c(Cc2ccccc2)cc(C=O)cc1Cc1ccccc1. The normalized spacial score (nSPS) is 10.5. The molecule has 0 aliphatic rings. The number of aldehydes is 1. The third-order valence-electron chi connectivity index (χ3n) is 4.20. The third-order valence-corrected chi connectivity index (χ3v) is 4.20. The topological polar surface area (TPSA) is 35.5 Å². The smallest absolute Gasteiger partial charge is 0.188 e. The van der Waals surface area contributed by atoms with Crippen LogP contribution in [0.2, 0.25) is 0 Å². The molecule has 0 unspecified atom stereocenters. The van der Waals surface area contributed by atoms with Crippen molar-refractivity contribution in [1.82, 2.24) is 0 Å². The van der Waals surface area contributed by atoms with Gasteiger partial charge in [-0.1, -0.05) is 60.7 Å². The maximum atomic E-state index is 11.5. The van der Waals surface area contributed by atoms with E-state index >= 15 is 0 Å². The second-order valence-electron chi connectivity index (χ2n) is 6.16. The molecule has 0 N–H and O–H groups in total. The molecule has 132 valence electrons. The molecule has 0 amide bonds. The lowest BCUT2D eigenvalue weighted by Gasteiger charge is -2.17. The van der Waals surface area contributed by atoms with Crippen LogP contribution in [0.25, 0.3) is 0 Å². The number of hydrogen-bond acceptors (Lipinski definition) is 3. The van der Waals surface area contributed by atoms with Gasteiger partial charge in [0.2, 0.25) is 0 Å². The zero-order chi connectivity index (χ0) is 18.2. The van der Waals surface area contributed by atoms with Gasteiger partial charge in [0.1, 0.15) is 12.0 Å². The zero-order valence-electron chi connectivity index (χ0n) is 14.9. The predicted molar refractivity (Wildman–Crippen MR) is 103 cm³/mol. The maximum Gasteiger partial charge on any atom is 0.188 e. The monoisotopic (exact) mass is 346 g/mol. The maximum absolute atomic E-state index is 11.5. The van der Waals surface area contributed by atoms with Crippen LogP contribution in [0.5, 0.6) is 5.75 Å². The van der Waals surface area contributed by atoms with Gasteiger partial charge in [-0.05, 0) is 34.4 Å². The third kappa shape index (κ3) is 4.58. The Balaban J connectivity index is 2.02. The minimum Gasteiger partial charge on any atom is -0.467 e. The van der Waals surface area contributed by atoms with Crippen molar-refractivity contribution in [3.8, 4) is 5.75 Å². The van der Waals surface area contributed by atoms with Gasteiger partial charge in [0, 0.05) is 25.5 Å². The Labute approximate surface area is 154 Å². The minimum absolute atomic E-state index is 0.171. The van der Waals surface area contributed by atoms with E-state index in [1.807, 2.05) is 48.5 Å². The van der Waals surface area contributed by atoms with Crippen LogP contribution in [0.15, 0.2) is 72.8 Å². The first-order valence-corrected chi connectivity index (χ1v) is 8.60. The van der Waals surface area contributed by atoms with E-state index in [4.69, 9.17) is 9.47 Å². The first-order valence-electron chi connectivity index (χ1n) is 8.60. The van der Waals surface area contributed by atoms with E-state index < -0.39 is 0 Å². The molecular formula is C23H22O3. The highest BCUT2D eigenvalue weighted by Gasteiger charge is 2.14. The highest BCUT2D eigenvalue weighted by atomic mass is 16.7. The summed E-state index contributed by atoms with van der Waals surface area (Å²) in [5.74, 6) is 0.796. The Bertz CT molecular complexity index is 779. The second-order valence-corrected chi connectivity index (χ2v) is 6.16. The summed E-state index contributed by atoms with van der Waals surface area (Å²) >= 11 is 0. The zero-order valence-corrected chi connectivity index (χ0v) is 14.9. The first kappa shape index (κ1) is 17.9. The molecule has 3 rings (SSSR count). The van der Waals surface area contributed by atoms with E-state index in [9.17, 15) is 4.79 Å². The molecular weight excluding hydrogens is 324 g/mol. The fraction of sp³-hybridized carbons (Fsp3) is 0.174. The van der Waals surface area contributed by atoms with Crippen LogP contribution in [-0.4, -0.2) is 20.2 Å². The Morgan fingerprint density at radius 1 is 0.808 bits per heavy atom. The summed E-state index contributed by atoms with van der Waals surface area (Å²) in [6.07, 6.45) is 2.29. The van der Waals surface area contributed by atoms with Crippen LogP contribution in [0.4, 0.5) is 0 Å². The van der Waals surface area contributed by atoms with Crippen LogP contribution in [0, 0.1) is 0 Å². The predicted octanol–water partition coefficient (Wildman–Crippen LogP) is 4.66. The van der Waals surface area contributed by atoms with Gasteiger partial charge >= 0.3 is 0 Å². The molecule has 3 nitrogen and oxygen atoms in total. The van der Waals surface area contributed by atoms with Gasteiger partial charge in [0.05, 0.1) is 0 Å². The lowest BCUT2D eigenvalue weighted by Crippen LogP contribution is -2.07. The molecule has 0 radical (unpaired) electrons. The largest absolute Gasteiger partial charge is 0.467 e. The van der Waals surface area contributed by atoms with Gasteiger partial charge in [0.25, 0.3) is 0 Å². The summed E-state index contributed by atoms with van der Waals surface area (Å²) in [6, 6.07) is 24.1. The van der Waals surface area contributed by atoms with Gasteiger partial charge in [-0.2, -0.15) is 0 Å². The van der Waals surface area contributed by atoms with Crippen molar-refractivity contribution in [3.05, 3.63) is 101 Å². The molecule has 0 aliphatic heterocycles. The fourth-order valence-electron chi connectivity index (χ4n) is 3.05. The number of benzene rings is 3. The van der Waals surface area contributed by atoms with E-state index in [-0.39, 0.29) is 6.79 Å². The van der Waals surface area contributed by atoms with Gasteiger partial charge in [-0.25, -0.2) is 0 Å². The molecule has 3 aromatic rings. The van der Waals surface area contributed by atoms with E-state index in [0.717, 1.165) is 23.2 Å². The lowest BCUT2D eigenvalue weighted by atomic mass is 9.95. The highest BCUT2D eigenvalue weighted by Crippen LogP contribution is 2.30. The quantitative estimate of drug-likeness (QED) is 0.439. The Kier molecular flexibility index (Phi) is 6.18. The molecule has 0 aromatic heterocycles. The van der Waals surface area contributed by atoms with E-state index in [0.29, 0.717) is 18.4 Å². The number of hydrogen-bond donors (Lipinski definition) is 0. The summed E-state index contributed by atoms with van der Waals surface area (Å²) in [7, 11) is 1.60. The molecule has 0 spiro atoms. The van der Waals surface area contributed by atoms with Crippen LogP contribution < -0.4 is 4.74 Å². The van der Waals surface area contributed by atoms with Crippen molar-refractivity contribution < 1.29 is 14.3 Å². The average molecular weight is 346 g/mol. The molecule has 3 aromatic carbocycles. The molecule has 0 bridgehead atoms. The van der Waals surface area contributed by atoms with Crippen molar-refractivity contribution in [2.45, 2.75) is 12.8 Å². The van der Waals surface area contributed by atoms with Crippen LogP contribution in [0.3, 0.4) is 0 Å². The molecule has 3 heteroatoms. The fourth-order valence-corrected chi connectivity index (χ4v) is 3.05. The first-order chi connectivity index (χ1) is 12.8. The molecule has 0 atom stereocenters. The summed E-state index contributed by atoms with van der Waals surface area (Å²) in [5, 5.41) is 0. The van der Waals surface area contributed by atoms with E-state index in [1.165, 1.54) is 11.1 Å². The van der Waals surface area contributed by atoms with Crippen molar-refractivity contribution >= 4 is 6.29 Å². The molecule has 26 heavy (non-hydrogen) atoms. The number of carbonyl (C=O) groups excluding carboxylic acids is 1. The number of ether oxygens (including phenoxy) is 2. The Morgan fingerprint density at radius 2 is 1.31 bits per heavy atom. The molecule has 0 saturated carbocycles. The van der Waals surface area contributed by atoms with Gasteiger partial charge in [-0.3, -0.25) is 4.79 Å².